The van der Waals surface area contributed by atoms with Gasteiger partial charge in [-0.3, -0.25) is 0 Å². The first-order valence-corrected chi connectivity index (χ1v) is 9.20. The van der Waals surface area contributed by atoms with Gasteiger partial charge in [-0.2, -0.15) is 0 Å². The van der Waals surface area contributed by atoms with E-state index in [-0.39, 0.29) is 10.9 Å². The molecule has 1 saturated carbocycles. The first-order valence-electron chi connectivity index (χ1n) is 7.72. The number of furan rings is 1. The van der Waals surface area contributed by atoms with Gasteiger partial charge in [0.05, 0.1) is 6.54 Å². The van der Waals surface area contributed by atoms with Gasteiger partial charge in [0.25, 0.3) is 0 Å². The van der Waals surface area contributed by atoms with Crippen molar-refractivity contribution < 1.29 is 12.8 Å². The van der Waals surface area contributed by atoms with Crippen molar-refractivity contribution in [3.8, 4) is 0 Å². The molecule has 2 unspecified atom stereocenters. The Balaban J connectivity index is 2.11. The van der Waals surface area contributed by atoms with E-state index in [2.05, 4.69) is 17.0 Å². The summed E-state index contributed by atoms with van der Waals surface area (Å²) < 4.78 is 33.4. The van der Waals surface area contributed by atoms with Gasteiger partial charge in [-0.25, -0.2) is 13.1 Å². The smallest absolute Gasteiger partial charge is 0.244 e. The quantitative estimate of drug-likeness (QED) is 0.846. The Kier molecular flexibility index (Phi) is 5.46. The zero-order valence-electron chi connectivity index (χ0n) is 13.1. The molecule has 2 atom stereocenters. The second-order valence-corrected chi connectivity index (χ2v) is 7.60. The predicted molar refractivity (Wildman–Crippen MR) is 82.6 cm³/mol. The van der Waals surface area contributed by atoms with Gasteiger partial charge in [0, 0.05) is 12.1 Å². The third kappa shape index (κ3) is 4.08. The number of hydrogen-bond acceptors (Lipinski definition) is 4. The second-order valence-electron chi connectivity index (χ2n) is 5.92. The Bertz CT molecular complexity index is 565. The van der Waals surface area contributed by atoms with E-state index < -0.39 is 10.0 Å². The van der Waals surface area contributed by atoms with Crippen LogP contribution in [0, 0.1) is 12.8 Å². The molecule has 1 aliphatic carbocycles. The zero-order chi connectivity index (χ0) is 15.5. The van der Waals surface area contributed by atoms with E-state index in [4.69, 9.17) is 4.42 Å². The molecule has 1 heterocycles. The van der Waals surface area contributed by atoms with Crippen LogP contribution in [0.1, 0.15) is 50.5 Å². The minimum absolute atomic E-state index is 0.0516. The monoisotopic (exact) mass is 314 g/mol. The third-order valence-corrected chi connectivity index (χ3v) is 5.87. The van der Waals surface area contributed by atoms with Crippen LogP contribution in [0.4, 0.5) is 0 Å². The van der Waals surface area contributed by atoms with Crippen molar-refractivity contribution in [1.82, 2.24) is 10.0 Å². The molecule has 0 bridgehead atoms. The molecule has 1 aromatic rings. The molecule has 0 amide bonds. The van der Waals surface area contributed by atoms with E-state index in [1.165, 1.54) is 6.42 Å². The largest absolute Gasteiger partial charge is 0.464 e. The Morgan fingerprint density at radius 1 is 1.38 bits per heavy atom. The molecule has 1 aliphatic rings. The summed E-state index contributed by atoms with van der Waals surface area (Å²) in [7, 11) is -1.69. The molecule has 2 N–H and O–H groups in total. The lowest BCUT2D eigenvalue weighted by Gasteiger charge is -2.28. The lowest BCUT2D eigenvalue weighted by molar-refractivity contribution is 0.301. The van der Waals surface area contributed by atoms with Crippen molar-refractivity contribution in [1.29, 1.82) is 0 Å². The first-order chi connectivity index (χ1) is 9.96. The fourth-order valence-corrected chi connectivity index (χ4v) is 4.59. The number of nitrogens with one attached hydrogen (secondary N) is 2. The van der Waals surface area contributed by atoms with Gasteiger partial charge < -0.3 is 9.73 Å². The standard InChI is InChI=1S/C15H26N2O3S/c1-4-12-6-5-7-13(8-12)17-21(18,19)15-9-14(10-16-3)20-11(15)2/h9,12-13,16-17H,4-8,10H2,1-3H3. The van der Waals surface area contributed by atoms with Crippen LogP contribution in [-0.4, -0.2) is 21.5 Å². The van der Waals surface area contributed by atoms with Gasteiger partial charge in [0.2, 0.25) is 10.0 Å². The van der Waals surface area contributed by atoms with Crippen LogP contribution in [0.2, 0.25) is 0 Å². The SMILES string of the molecule is CCC1CCCC(NS(=O)(=O)c2cc(CNC)oc2C)C1. The summed E-state index contributed by atoms with van der Waals surface area (Å²) in [6, 6.07) is 1.67. The molecule has 0 aromatic carbocycles. The summed E-state index contributed by atoms with van der Waals surface area (Å²) in [5.41, 5.74) is 0. The van der Waals surface area contributed by atoms with E-state index in [0.29, 0.717) is 24.0 Å². The van der Waals surface area contributed by atoms with Crippen molar-refractivity contribution in [3.05, 3.63) is 17.6 Å². The lowest BCUT2D eigenvalue weighted by atomic mass is 9.85. The number of hydrogen-bond donors (Lipinski definition) is 2. The highest BCUT2D eigenvalue weighted by Gasteiger charge is 2.28. The van der Waals surface area contributed by atoms with Crippen molar-refractivity contribution in [2.24, 2.45) is 5.92 Å². The second kappa shape index (κ2) is 6.94. The lowest BCUT2D eigenvalue weighted by Crippen LogP contribution is -2.38. The van der Waals surface area contributed by atoms with Gasteiger partial charge in [-0.15, -0.1) is 0 Å². The number of aryl methyl sites for hydroxylation is 1. The molecule has 0 aliphatic heterocycles. The van der Waals surface area contributed by atoms with Crippen LogP contribution in [0.5, 0.6) is 0 Å². The van der Waals surface area contributed by atoms with Crippen LogP contribution >= 0.6 is 0 Å². The fourth-order valence-electron chi connectivity index (χ4n) is 3.10. The highest BCUT2D eigenvalue weighted by molar-refractivity contribution is 7.89. The van der Waals surface area contributed by atoms with Crippen LogP contribution in [0.15, 0.2) is 15.4 Å². The number of rotatable bonds is 6. The van der Waals surface area contributed by atoms with Gasteiger partial charge >= 0.3 is 0 Å². The molecule has 0 radical (unpaired) electrons. The Morgan fingerprint density at radius 2 is 2.14 bits per heavy atom. The molecule has 21 heavy (non-hydrogen) atoms. The van der Waals surface area contributed by atoms with Crippen LogP contribution in [0.25, 0.3) is 0 Å². The molecule has 5 nitrogen and oxygen atoms in total. The predicted octanol–water partition coefficient (Wildman–Crippen LogP) is 2.55. The molecule has 1 aromatic heterocycles. The molecular weight excluding hydrogens is 288 g/mol. The van der Waals surface area contributed by atoms with E-state index in [1.807, 2.05) is 0 Å². The van der Waals surface area contributed by atoms with Crippen LogP contribution in [0.3, 0.4) is 0 Å². The summed E-state index contributed by atoms with van der Waals surface area (Å²) in [5.74, 6) is 1.73. The van der Waals surface area contributed by atoms with E-state index in [1.54, 1.807) is 20.0 Å². The maximum Gasteiger partial charge on any atom is 0.244 e. The van der Waals surface area contributed by atoms with E-state index in [0.717, 1.165) is 25.7 Å². The summed E-state index contributed by atoms with van der Waals surface area (Å²) >= 11 is 0. The van der Waals surface area contributed by atoms with Gasteiger partial charge in [-0.1, -0.05) is 26.2 Å². The summed E-state index contributed by atoms with van der Waals surface area (Å²) in [6.07, 6.45) is 5.30. The minimum Gasteiger partial charge on any atom is -0.464 e. The van der Waals surface area contributed by atoms with Gasteiger partial charge in [0.1, 0.15) is 16.4 Å². The van der Waals surface area contributed by atoms with Crippen molar-refractivity contribution in [2.45, 2.75) is 63.4 Å². The summed E-state index contributed by atoms with van der Waals surface area (Å²) in [4.78, 5) is 0.270. The maximum atomic E-state index is 12.5. The van der Waals surface area contributed by atoms with Crippen LogP contribution < -0.4 is 10.0 Å². The normalized spacial score (nSPS) is 23.4. The molecule has 120 valence electrons. The van der Waals surface area contributed by atoms with E-state index >= 15 is 0 Å². The third-order valence-electron chi connectivity index (χ3n) is 4.25. The van der Waals surface area contributed by atoms with E-state index in [9.17, 15) is 8.42 Å². The van der Waals surface area contributed by atoms with Gasteiger partial charge in [0.15, 0.2) is 0 Å². The molecule has 0 spiro atoms. The highest BCUT2D eigenvalue weighted by atomic mass is 32.2. The topological polar surface area (TPSA) is 71.3 Å². The number of sulfonamides is 1. The fraction of sp³-hybridized carbons (Fsp3) is 0.733. The Hall–Kier alpha value is -0.850. The molecule has 6 heteroatoms. The van der Waals surface area contributed by atoms with Crippen LogP contribution in [-0.2, 0) is 16.6 Å². The average molecular weight is 314 g/mol. The molecule has 0 saturated heterocycles. The maximum absolute atomic E-state index is 12.5. The van der Waals surface area contributed by atoms with Crippen molar-refractivity contribution in [2.75, 3.05) is 7.05 Å². The molecule has 1 fully saturated rings. The highest BCUT2D eigenvalue weighted by Crippen LogP contribution is 2.28. The van der Waals surface area contributed by atoms with Crippen molar-refractivity contribution in [3.63, 3.8) is 0 Å². The Labute approximate surface area is 127 Å². The molecular formula is C15H26N2O3S. The van der Waals surface area contributed by atoms with Crippen molar-refractivity contribution >= 4 is 10.0 Å². The summed E-state index contributed by atoms with van der Waals surface area (Å²) in [6.45, 7) is 4.40. The first kappa shape index (κ1) is 16.5. The summed E-state index contributed by atoms with van der Waals surface area (Å²) in [5, 5.41) is 2.96. The zero-order valence-corrected chi connectivity index (χ0v) is 13.9. The molecule has 2 rings (SSSR count). The van der Waals surface area contributed by atoms with Gasteiger partial charge in [-0.05, 0) is 32.7 Å². The average Bonchev–Trinajstić information content (AvgIpc) is 2.81. The minimum atomic E-state index is -3.49. The Morgan fingerprint density at radius 3 is 2.81 bits per heavy atom.